The van der Waals surface area contributed by atoms with E-state index in [1.165, 1.54) is 38.5 Å². The van der Waals surface area contributed by atoms with Gasteiger partial charge in [-0.15, -0.1) is 0 Å². The van der Waals surface area contributed by atoms with Crippen LogP contribution in [0.2, 0.25) is 0 Å². The summed E-state index contributed by atoms with van der Waals surface area (Å²) >= 11 is 0. The molecule has 2 heteroatoms. The van der Waals surface area contributed by atoms with Gasteiger partial charge in [-0.05, 0) is 111 Å². The predicted octanol–water partition coefficient (Wildman–Crippen LogP) is 6.11. The third-order valence-electron chi connectivity index (χ3n) is 9.91. The minimum Gasteiger partial charge on any atom is -0.393 e. The van der Waals surface area contributed by atoms with Crippen LogP contribution in [0.4, 0.5) is 0 Å². The van der Waals surface area contributed by atoms with E-state index in [1.807, 2.05) is 0 Å². The molecule has 0 radical (unpaired) electrons. The summed E-state index contributed by atoms with van der Waals surface area (Å²) in [6.45, 7) is 9.62. The van der Waals surface area contributed by atoms with Crippen LogP contribution in [0, 0.1) is 40.4 Å². The summed E-state index contributed by atoms with van der Waals surface area (Å²) in [4.78, 5) is 0. The Morgan fingerprint density at radius 2 is 1.82 bits per heavy atom. The van der Waals surface area contributed by atoms with E-state index < -0.39 is 0 Å². The molecule has 0 aromatic carbocycles. The van der Waals surface area contributed by atoms with Crippen LogP contribution in [0.15, 0.2) is 11.6 Å². The summed E-state index contributed by atoms with van der Waals surface area (Å²) in [6.07, 6.45) is 15.3. The van der Waals surface area contributed by atoms with Crippen molar-refractivity contribution in [1.82, 2.24) is 0 Å². The third-order valence-corrected chi connectivity index (χ3v) is 9.91. The smallest absolute Gasteiger partial charge is 0.0577 e. The number of hydrogen-bond acceptors (Lipinski definition) is 2. The Hall–Kier alpha value is -0.340. The Balaban J connectivity index is 1.48. The molecular weight excluding hydrogens is 344 g/mol. The van der Waals surface area contributed by atoms with E-state index >= 15 is 0 Å². The minimum atomic E-state index is -0.104. The van der Waals surface area contributed by atoms with Gasteiger partial charge in [-0.1, -0.05) is 39.3 Å². The third kappa shape index (κ3) is 3.51. The van der Waals surface area contributed by atoms with Crippen molar-refractivity contribution in [3.05, 3.63) is 11.6 Å². The van der Waals surface area contributed by atoms with Crippen LogP contribution in [0.3, 0.4) is 0 Å². The highest BCUT2D eigenvalue weighted by Crippen LogP contribution is 2.66. The number of fused-ring (bicyclic) bond motifs is 5. The summed E-state index contributed by atoms with van der Waals surface area (Å²) in [5.74, 6) is 3.90. The summed E-state index contributed by atoms with van der Waals surface area (Å²) in [5, 5.41) is 20.9. The van der Waals surface area contributed by atoms with Crippen molar-refractivity contribution in [3.63, 3.8) is 0 Å². The van der Waals surface area contributed by atoms with E-state index in [2.05, 4.69) is 33.8 Å². The standard InChI is InChI=1S/C26H44O2/c1-17(2)5-8-20(27)15-19-7-10-23-22-9-6-18-16-21(28)11-13-25(18,3)24(22)12-14-26(19,23)4/h6,17,19-24,27-28H,5,7-16H2,1-4H3/t19?,20?,21?,22?,23?,24?,25?,26-/m1/s1. The number of allylic oxidation sites excluding steroid dienone is 1. The van der Waals surface area contributed by atoms with E-state index in [4.69, 9.17) is 0 Å². The van der Waals surface area contributed by atoms with Gasteiger partial charge in [-0.2, -0.15) is 0 Å². The maximum absolute atomic E-state index is 10.7. The van der Waals surface area contributed by atoms with Gasteiger partial charge in [0.2, 0.25) is 0 Å². The molecule has 4 aliphatic carbocycles. The molecule has 7 unspecified atom stereocenters. The quantitative estimate of drug-likeness (QED) is 0.558. The Kier molecular flexibility index (Phi) is 5.77. The lowest BCUT2D eigenvalue weighted by molar-refractivity contribution is -0.0557. The zero-order valence-electron chi connectivity index (χ0n) is 18.8. The molecule has 4 aliphatic rings. The fraction of sp³-hybridized carbons (Fsp3) is 0.923. The summed E-state index contributed by atoms with van der Waals surface area (Å²) in [7, 11) is 0. The zero-order chi connectivity index (χ0) is 20.1. The van der Waals surface area contributed by atoms with Crippen molar-refractivity contribution in [3.8, 4) is 0 Å². The highest BCUT2D eigenvalue weighted by Gasteiger charge is 2.58. The van der Waals surface area contributed by atoms with Gasteiger partial charge in [0.05, 0.1) is 12.2 Å². The maximum atomic E-state index is 10.7. The SMILES string of the molecule is CC(C)CCC(O)CC1CCC2C3CC=C4CC(O)CCC4(C)C3CC[C@]12C. The van der Waals surface area contributed by atoms with Crippen molar-refractivity contribution in [2.75, 3.05) is 0 Å². The van der Waals surface area contributed by atoms with Crippen LogP contribution in [0.1, 0.15) is 98.3 Å². The van der Waals surface area contributed by atoms with Crippen molar-refractivity contribution in [1.29, 1.82) is 0 Å². The molecule has 3 fully saturated rings. The number of aliphatic hydroxyl groups excluding tert-OH is 2. The fourth-order valence-electron chi connectivity index (χ4n) is 8.11. The van der Waals surface area contributed by atoms with Crippen LogP contribution in [0.5, 0.6) is 0 Å². The first kappa shape index (κ1) is 20.9. The molecule has 0 saturated heterocycles. The molecule has 0 bridgehead atoms. The topological polar surface area (TPSA) is 40.5 Å². The average molecular weight is 389 g/mol. The zero-order valence-corrected chi connectivity index (χ0v) is 18.8. The Labute approximate surface area is 173 Å². The lowest BCUT2D eigenvalue weighted by atomic mass is 9.47. The first-order valence-corrected chi connectivity index (χ1v) is 12.3. The van der Waals surface area contributed by atoms with Crippen molar-refractivity contribution < 1.29 is 10.2 Å². The molecule has 3 saturated carbocycles. The van der Waals surface area contributed by atoms with E-state index in [0.29, 0.717) is 22.7 Å². The highest BCUT2D eigenvalue weighted by atomic mass is 16.3. The van der Waals surface area contributed by atoms with E-state index in [0.717, 1.165) is 49.9 Å². The van der Waals surface area contributed by atoms with Gasteiger partial charge in [0.15, 0.2) is 0 Å². The first-order chi connectivity index (χ1) is 13.2. The first-order valence-electron chi connectivity index (χ1n) is 12.3. The molecule has 0 heterocycles. The lowest BCUT2D eigenvalue weighted by Crippen LogP contribution is -2.50. The summed E-state index contributed by atoms with van der Waals surface area (Å²) in [6, 6.07) is 0. The van der Waals surface area contributed by atoms with Crippen LogP contribution in [-0.2, 0) is 0 Å². The Morgan fingerprint density at radius 1 is 1.04 bits per heavy atom. The van der Waals surface area contributed by atoms with Gasteiger partial charge >= 0.3 is 0 Å². The Bertz CT molecular complexity index is 595. The van der Waals surface area contributed by atoms with Gasteiger partial charge in [0, 0.05) is 0 Å². The van der Waals surface area contributed by atoms with Gasteiger partial charge in [-0.3, -0.25) is 0 Å². The molecule has 2 nitrogen and oxygen atoms in total. The molecule has 4 rings (SSSR count). The molecule has 8 atom stereocenters. The van der Waals surface area contributed by atoms with Crippen molar-refractivity contribution >= 4 is 0 Å². The summed E-state index contributed by atoms with van der Waals surface area (Å²) < 4.78 is 0. The molecule has 0 aromatic rings. The second-order valence-electron chi connectivity index (χ2n) is 11.8. The van der Waals surface area contributed by atoms with E-state index in [-0.39, 0.29) is 12.2 Å². The largest absolute Gasteiger partial charge is 0.393 e. The van der Waals surface area contributed by atoms with E-state index in [1.54, 1.807) is 5.57 Å². The normalized spacial score (nSPS) is 46.5. The number of hydrogen-bond donors (Lipinski definition) is 2. The molecule has 0 aliphatic heterocycles. The highest BCUT2D eigenvalue weighted by molar-refractivity contribution is 5.25. The maximum Gasteiger partial charge on any atom is 0.0577 e. The molecule has 160 valence electrons. The van der Waals surface area contributed by atoms with Gasteiger partial charge in [-0.25, -0.2) is 0 Å². The van der Waals surface area contributed by atoms with Crippen molar-refractivity contribution in [2.24, 2.45) is 40.4 Å². The predicted molar refractivity (Wildman–Crippen MR) is 116 cm³/mol. The molecular formula is C26H44O2. The minimum absolute atomic E-state index is 0.101. The van der Waals surface area contributed by atoms with Crippen LogP contribution in [0.25, 0.3) is 0 Å². The molecule has 0 spiro atoms. The van der Waals surface area contributed by atoms with Gasteiger partial charge in [0.25, 0.3) is 0 Å². The second kappa shape index (κ2) is 7.73. The number of rotatable bonds is 5. The van der Waals surface area contributed by atoms with Gasteiger partial charge < -0.3 is 10.2 Å². The van der Waals surface area contributed by atoms with Gasteiger partial charge in [0.1, 0.15) is 0 Å². The molecule has 0 amide bonds. The van der Waals surface area contributed by atoms with Crippen LogP contribution in [-0.4, -0.2) is 22.4 Å². The average Bonchev–Trinajstić information content (AvgIpc) is 2.97. The van der Waals surface area contributed by atoms with Crippen LogP contribution < -0.4 is 0 Å². The number of aliphatic hydroxyl groups is 2. The summed E-state index contributed by atoms with van der Waals surface area (Å²) in [5.41, 5.74) is 2.36. The fourth-order valence-corrected chi connectivity index (χ4v) is 8.11. The van der Waals surface area contributed by atoms with E-state index in [9.17, 15) is 10.2 Å². The van der Waals surface area contributed by atoms with Crippen molar-refractivity contribution in [2.45, 2.75) is 111 Å². The lowest BCUT2D eigenvalue weighted by Gasteiger charge is -2.58. The monoisotopic (exact) mass is 388 g/mol. The molecule has 28 heavy (non-hydrogen) atoms. The molecule has 2 N–H and O–H groups in total. The second-order valence-corrected chi connectivity index (χ2v) is 11.8. The molecule has 0 aromatic heterocycles. The Morgan fingerprint density at radius 3 is 2.57 bits per heavy atom. The van der Waals surface area contributed by atoms with Crippen LogP contribution >= 0.6 is 0 Å².